The fraction of sp³-hybridized carbons (Fsp3) is 0.417. The third kappa shape index (κ3) is 3.68. The highest BCUT2D eigenvalue weighted by atomic mass is 32.2. The van der Waals surface area contributed by atoms with E-state index in [1.165, 1.54) is 12.1 Å². The summed E-state index contributed by atoms with van der Waals surface area (Å²) in [6.07, 6.45) is 0.417. The maximum absolute atomic E-state index is 12.9. The summed E-state index contributed by atoms with van der Waals surface area (Å²) < 4.78 is 25.8. The van der Waals surface area contributed by atoms with Crippen LogP contribution in [-0.4, -0.2) is 30.1 Å². The van der Waals surface area contributed by atoms with E-state index in [4.69, 9.17) is 0 Å². The lowest BCUT2D eigenvalue weighted by Crippen LogP contribution is -2.42. The monoisotopic (exact) mass is 272 g/mol. The van der Waals surface area contributed by atoms with E-state index in [1.54, 1.807) is 11.8 Å². The number of carbonyl (C=O) groups excluding carboxylic acids is 1. The molecule has 1 saturated heterocycles. The van der Waals surface area contributed by atoms with Gasteiger partial charge >= 0.3 is 0 Å². The second-order valence-corrected chi connectivity index (χ2v) is 5.12. The molecule has 1 atom stereocenters. The Kier molecular flexibility index (Phi) is 4.54. The summed E-state index contributed by atoms with van der Waals surface area (Å²) in [6, 6.07) is 3.23. The normalized spacial score (nSPS) is 18.9. The minimum absolute atomic E-state index is 0.0584. The Morgan fingerprint density at radius 2 is 2.11 bits per heavy atom. The standard InChI is InChI=1S/C12H14F2N2OS/c13-9-3-8(4-10(14)5-9)1-2-15-12(17)11-6-18-7-16-11/h3-5,11,16H,1-2,6-7H2,(H,15,17). The molecule has 0 aliphatic carbocycles. The molecule has 3 nitrogen and oxygen atoms in total. The van der Waals surface area contributed by atoms with E-state index < -0.39 is 11.6 Å². The lowest BCUT2D eigenvalue weighted by molar-refractivity contribution is -0.122. The number of carbonyl (C=O) groups is 1. The average molecular weight is 272 g/mol. The van der Waals surface area contributed by atoms with Crippen molar-refractivity contribution in [2.45, 2.75) is 12.5 Å². The summed E-state index contributed by atoms with van der Waals surface area (Å²) >= 11 is 1.67. The number of thioether (sulfide) groups is 1. The third-order valence-electron chi connectivity index (χ3n) is 2.67. The van der Waals surface area contributed by atoms with Crippen LogP contribution < -0.4 is 10.6 Å². The molecule has 1 unspecified atom stereocenters. The Bertz CT molecular complexity index is 416. The predicted octanol–water partition coefficient (Wildman–Crippen LogP) is 1.29. The van der Waals surface area contributed by atoms with Gasteiger partial charge in [0.25, 0.3) is 0 Å². The van der Waals surface area contributed by atoms with E-state index in [2.05, 4.69) is 10.6 Å². The number of benzene rings is 1. The van der Waals surface area contributed by atoms with Gasteiger partial charge in [-0.25, -0.2) is 8.78 Å². The van der Waals surface area contributed by atoms with Crippen molar-refractivity contribution in [2.75, 3.05) is 18.2 Å². The lowest BCUT2D eigenvalue weighted by Gasteiger charge is -2.10. The Hall–Kier alpha value is -1.14. The van der Waals surface area contributed by atoms with Crippen LogP contribution in [0.25, 0.3) is 0 Å². The lowest BCUT2D eigenvalue weighted by atomic mass is 10.1. The smallest absolute Gasteiger partial charge is 0.238 e. The van der Waals surface area contributed by atoms with Crippen LogP contribution >= 0.6 is 11.8 Å². The molecule has 0 saturated carbocycles. The number of amides is 1. The van der Waals surface area contributed by atoms with Gasteiger partial charge in [0.2, 0.25) is 5.91 Å². The summed E-state index contributed by atoms with van der Waals surface area (Å²) in [5.74, 6) is 0.306. The molecule has 1 aliphatic rings. The summed E-state index contributed by atoms with van der Waals surface area (Å²) in [5, 5.41) is 5.81. The molecule has 1 aromatic carbocycles. The zero-order chi connectivity index (χ0) is 13.0. The SMILES string of the molecule is O=C(NCCc1cc(F)cc(F)c1)C1CSCN1. The minimum atomic E-state index is -0.592. The van der Waals surface area contributed by atoms with Crippen molar-refractivity contribution < 1.29 is 13.6 Å². The Morgan fingerprint density at radius 1 is 1.39 bits per heavy atom. The van der Waals surface area contributed by atoms with Gasteiger partial charge in [-0.2, -0.15) is 0 Å². The first-order valence-corrected chi connectivity index (χ1v) is 6.84. The molecule has 1 fully saturated rings. The Labute approximate surface area is 108 Å². The number of halogens is 2. The topological polar surface area (TPSA) is 41.1 Å². The highest BCUT2D eigenvalue weighted by Gasteiger charge is 2.21. The first-order chi connectivity index (χ1) is 8.65. The van der Waals surface area contributed by atoms with E-state index in [-0.39, 0.29) is 11.9 Å². The highest BCUT2D eigenvalue weighted by molar-refractivity contribution is 7.99. The quantitative estimate of drug-likeness (QED) is 0.867. The molecule has 1 heterocycles. The van der Waals surface area contributed by atoms with E-state index in [9.17, 15) is 13.6 Å². The van der Waals surface area contributed by atoms with Gasteiger partial charge < -0.3 is 5.32 Å². The number of nitrogens with one attached hydrogen (secondary N) is 2. The van der Waals surface area contributed by atoms with Gasteiger partial charge in [0.05, 0.1) is 6.04 Å². The van der Waals surface area contributed by atoms with E-state index in [0.29, 0.717) is 18.5 Å². The molecule has 1 amide bonds. The van der Waals surface area contributed by atoms with Crippen LogP contribution in [0.5, 0.6) is 0 Å². The summed E-state index contributed by atoms with van der Waals surface area (Å²) in [7, 11) is 0. The summed E-state index contributed by atoms with van der Waals surface area (Å²) in [6.45, 7) is 0.380. The third-order valence-corrected chi connectivity index (χ3v) is 3.61. The van der Waals surface area contributed by atoms with Gasteiger partial charge in [-0.1, -0.05) is 0 Å². The number of hydrogen-bond donors (Lipinski definition) is 2. The van der Waals surface area contributed by atoms with Crippen LogP contribution in [0.3, 0.4) is 0 Å². The molecule has 0 bridgehead atoms. The minimum Gasteiger partial charge on any atom is -0.354 e. The molecule has 0 spiro atoms. The van der Waals surface area contributed by atoms with Crippen molar-refractivity contribution in [1.82, 2.24) is 10.6 Å². The van der Waals surface area contributed by atoms with E-state index in [1.807, 2.05) is 0 Å². The molecule has 1 aromatic rings. The molecule has 6 heteroatoms. The van der Waals surface area contributed by atoms with Crippen molar-refractivity contribution in [3.63, 3.8) is 0 Å². The maximum Gasteiger partial charge on any atom is 0.238 e. The molecule has 18 heavy (non-hydrogen) atoms. The molecular formula is C12H14F2N2OS. The van der Waals surface area contributed by atoms with Crippen molar-refractivity contribution in [3.8, 4) is 0 Å². The van der Waals surface area contributed by atoms with Gasteiger partial charge in [-0.3, -0.25) is 10.1 Å². The van der Waals surface area contributed by atoms with Crippen LogP contribution in [0.2, 0.25) is 0 Å². The van der Waals surface area contributed by atoms with E-state index in [0.717, 1.165) is 17.7 Å². The van der Waals surface area contributed by atoms with Gasteiger partial charge in [0.1, 0.15) is 11.6 Å². The zero-order valence-electron chi connectivity index (χ0n) is 9.71. The largest absolute Gasteiger partial charge is 0.354 e. The Balaban J connectivity index is 1.79. The molecule has 2 N–H and O–H groups in total. The van der Waals surface area contributed by atoms with Crippen LogP contribution in [0.15, 0.2) is 18.2 Å². The average Bonchev–Trinajstić information content (AvgIpc) is 2.80. The molecular weight excluding hydrogens is 258 g/mol. The van der Waals surface area contributed by atoms with Crippen LogP contribution in [0.4, 0.5) is 8.78 Å². The predicted molar refractivity (Wildman–Crippen MR) is 67.3 cm³/mol. The van der Waals surface area contributed by atoms with Gasteiger partial charge in [0.15, 0.2) is 0 Å². The fourth-order valence-electron chi connectivity index (χ4n) is 1.77. The second-order valence-electron chi connectivity index (χ2n) is 4.09. The zero-order valence-corrected chi connectivity index (χ0v) is 10.5. The van der Waals surface area contributed by atoms with Crippen LogP contribution in [-0.2, 0) is 11.2 Å². The van der Waals surface area contributed by atoms with Crippen LogP contribution in [0.1, 0.15) is 5.56 Å². The molecule has 0 aromatic heterocycles. The second kappa shape index (κ2) is 6.15. The molecule has 0 radical (unpaired) electrons. The van der Waals surface area contributed by atoms with Gasteiger partial charge in [-0.15, -0.1) is 11.8 Å². The maximum atomic E-state index is 12.9. The first kappa shape index (κ1) is 13.3. The van der Waals surface area contributed by atoms with Crippen molar-refractivity contribution in [1.29, 1.82) is 0 Å². The van der Waals surface area contributed by atoms with Gasteiger partial charge in [0, 0.05) is 24.2 Å². The molecule has 2 rings (SSSR count). The van der Waals surface area contributed by atoms with Crippen LogP contribution in [0, 0.1) is 11.6 Å². The van der Waals surface area contributed by atoms with Crippen molar-refractivity contribution in [2.24, 2.45) is 0 Å². The summed E-state index contributed by atoms with van der Waals surface area (Å²) in [5.41, 5.74) is 0.543. The fourth-order valence-corrected chi connectivity index (χ4v) is 2.71. The summed E-state index contributed by atoms with van der Waals surface area (Å²) in [4.78, 5) is 11.6. The molecule has 98 valence electrons. The first-order valence-electron chi connectivity index (χ1n) is 5.69. The Morgan fingerprint density at radius 3 is 2.72 bits per heavy atom. The van der Waals surface area contributed by atoms with E-state index >= 15 is 0 Å². The highest BCUT2D eigenvalue weighted by Crippen LogP contribution is 2.10. The van der Waals surface area contributed by atoms with Gasteiger partial charge in [-0.05, 0) is 24.1 Å². The van der Waals surface area contributed by atoms with Crippen molar-refractivity contribution in [3.05, 3.63) is 35.4 Å². The number of hydrogen-bond acceptors (Lipinski definition) is 3. The molecule has 1 aliphatic heterocycles. The van der Waals surface area contributed by atoms with Crippen molar-refractivity contribution >= 4 is 17.7 Å². The number of rotatable bonds is 4.